The minimum atomic E-state index is 0.989. The molecule has 3 heterocycles. The van der Waals surface area contributed by atoms with Gasteiger partial charge in [-0.15, -0.1) is 34.0 Å². The highest BCUT2D eigenvalue weighted by Crippen LogP contribution is 2.50. The lowest BCUT2D eigenvalue weighted by molar-refractivity contribution is 1.37. The molecule has 4 heteroatoms. The lowest BCUT2D eigenvalue weighted by Crippen LogP contribution is -1.88. The van der Waals surface area contributed by atoms with Gasteiger partial charge in [0, 0.05) is 37.6 Å². The Bertz CT molecular complexity index is 2270. The fraction of sp³-hybridized carbons (Fsp3) is 0.0714. The van der Waals surface area contributed by atoms with Gasteiger partial charge in [-0.2, -0.15) is 0 Å². The van der Waals surface area contributed by atoms with Crippen molar-refractivity contribution in [1.29, 1.82) is 0 Å². The smallest absolute Gasteiger partial charge is 0.124 e. The van der Waals surface area contributed by atoms with E-state index in [2.05, 4.69) is 117 Å². The fourth-order valence-corrected chi connectivity index (χ4v) is 8.96. The van der Waals surface area contributed by atoms with Crippen LogP contribution < -0.4 is 0 Å². The summed E-state index contributed by atoms with van der Waals surface area (Å²) in [4.78, 5) is 11.1. The molecule has 0 aliphatic carbocycles. The van der Waals surface area contributed by atoms with E-state index in [1.807, 2.05) is 59.9 Å². The minimum Gasteiger partial charge on any atom is -0.235 e. The first-order chi connectivity index (χ1) is 22.6. The molecule has 46 heavy (non-hydrogen) atoms. The van der Waals surface area contributed by atoms with Crippen LogP contribution in [0.5, 0.6) is 0 Å². The molecule has 0 saturated carbocycles. The van der Waals surface area contributed by atoms with Crippen LogP contribution in [0.15, 0.2) is 121 Å². The highest BCUT2D eigenvalue weighted by Gasteiger charge is 2.27. The summed E-state index contributed by atoms with van der Waals surface area (Å²) in [5.41, 5.74) is 10.1. The van der Waals surface area contributed by atoms with Gasteiger partial charge >= 0.3 is 0 Å². The van der Waals surface area contributed by atoms with Gasteiger partial charge in [-0.3, -0.25) is 0 Å². The molecule has 0 N–H and O–H groups in total. The lowest BCUT2D eigenvalue weighted by atomic mass is 9.99. The molecule has 0 aliphatic rings. The van der Waals surface area contributed by atoms with Crippen molar-refractivity contribution in [2.45, 2.75) is 20.8 Å². The molecule has 0 fully saturated rings. The van der Waals surface area contributed by atoms with E-state index in [4.69, 9.17) is 4.98 Å². The highest BCUT2D eigenvalue weighted by atomic mass is 32.1. The number of thiophene rings is 2. The first kappa shape index (κ1) is 29.7. The molecule has 7 rings (SSSR count). The molecule has 0 amide bonds. The van der Waals surface area contributed by atoms with Crippen molar-refractivity contribution in [3.05, 3.63) is 158 Å². The summed E-state index contributed by atoms with van der Waals surface area (Å²) in [6.07, 6.45) is 0. The van der Waals surface area contributed by atoms with Crippen LogP contribution in [0.4, 0.5) is 0 Å². The van der Waals surface area contributed by atoms with Gasteiger partial charge in [0.1, 0.15) is 5.01 Å². The first-order valence-corrected chi connectivity index (χ1v) is 17.5. The number of aryl methyl sites for hydroxylation is 1. The van der Waals surface area contributed by atoms with E-state index < -0.39 is 0 Å². The third-order valence-corrected chi connectivity index (χ3v) is 11.3. The molecule has 0 bridgehead atoms. The molecule has 1 nitrogen and oxygen atoms in total. The first-order valence-electron chi connectivity index (χ1n) is 15.1. The van der Waals surface area contributed by atoms with E-state index in [-0.39, 0.29) is 0 Å². The maximum absolute atomic E-state index is 5.40. The Morgan fingerprint density at radius 2 is 0.978 bits per heavy atom. The van der Waals surface area contributed by atoms with Crippen LogP contribution >= 0.6 is 34.0 Å². The summed E-state index contributed by atoms with van der Waals surface area (Å²) in [7, 11) is 0. The van der Waals surface area contributed by atoms with Gasteiger partial charge in [0.25, 0.3) is 0 Å². The SMILES string of the molecule is Cc1sc(-c2ccccc2)c(C)c1-c1nc(-c2ccccc2)sc1-c1c(C#Cc2ccccc2)sc(C#Cc2ccccc2)c1C. The van der Waals surface area contributed by atoms with E-state index in [1.54, 1.807) is 22.7 Å². The van der Waals surface area contributed by atoms with Crippen molar-refractivity contribution in [2.24, 2.45) is 0 Å². The highest BCUT2D eigenvalue weighted by molar-refractivity contribution is 7.20. The van der Waals surface area contributed by atoms with Crippen molar-refractivity contribution in [1.82, 2.24) is 4.98 Å². The van der Waals surface area contributed by atoms with Gasteiger partial charge in [0.15, 0.2) is 0 Å². The Morgan fingerprint density at radius 1 is 0.457 bits per heavy atom. The van der Waals surface area contributed by atoms with Crippen LogP contribution in [0.3, 0.4) is 0 Å². The van der Waals surface area contributed by atoms with Gasteiger partial charge in [0.2, 0.25) is 0 Å². The van der Waals surface area contributed by atoms with Gasteiger partial charge in [-0.1, -0.05) is 115 Å². The molecule has 220 valence electrons. The van der Waals surface area contributed by atoms with Gasteiger partial charge in [0.05, 0.1) is 20.3 Å². The maximum Gasteiger partial charge on any atom is 0.124 e. The summed E-state index contributed by atoms with van der Waals surface area (Å²) in [5.74, 6) is 13.9. The zero-order valence-electron chi connectivity index (χ0n) is 25.7. The van der Waals surface area contributed by atoms with E-state index >= 15 is 0 Å². The van der Waals surface area contributed by atoms with Crippen LogP contribution in [-0.2, 0) is 0 Å². The molecule has 7 aromatic rings. The second kappa shape index (κ2) is 13.2. The number of benzene rings is 4. The van der Waals surface area contributed by atoms with Crippen molar-refractivity contribution < 1.29 is 0 Å². The normalized spacial score (nSPS) is 10.6. The van der Waals surface area contributed by atoms with Crippen molar-refractivity contribution in [3.8, 4) is 66.4 Å². The summed E-state index contributed by atoms with van der Waals surface area (Å²) < 4.78 is 0. The number of hydrogen-bond donors (Lipinski definition) is 0. The average Bonchev–Trinajstić information content (AvgIpc) is 3.76. The average molecular weight is 644 g/mol. The molecular formula is C42H29NS3. The van der Waals surface area contributed by atoms with Crippen LogP contribution in [-0.4, -0.2) is 4.98 Å². The summed E-state index contributed by atoms with van der Waals surface area (Å²) in [5, 5.41) is 1.00. The third-order valence-electron chi connectivity index (χ3n) is 7.81. The minimum absolute atomic E-state index is 0.989. The number of rotatable bonds is 4. The monoisotopic (exact) mass is 643 g/mol. The predicted octanol–water partition coefficient (Wildman–Crippen LogP) is 11.7. The number of nitrogens with zero attached hydrogens (tertiary/aromatic N) is 1. The van der Waals surface area contributed by atoms with Crippen molar-refractivity contribution >= 4 is 34.0 Å². The molecule has 0 spiro atoms. The molecule has 4 aromatic carbocycles. The summed E-state index contributed by atoms with van der Waals surface area (Å²) in [6, 6.07) is 41.5. The van der Waals surface area contributed by atoms with Gasteiger partial charge in [-0.25, -0.2) is 4.98 Å². The Labute approximate surface area is 282 Å². The Hall–Kier alpha value is -4.97. The maximum atomic E-state index is 5.40. The second-order valence-electron chi connectivity index (χ2n) is 10.9. The van der Waals surface area contributed by atoms with Crippen LogP contribution in [0.1, 0.15) is 36.9 Å². The molecule has 0 aliphatic heterocycles. The standard InChI is InChI=1S/C42H29NS3/c1-28-35(26-24-31-16-8-4-9-17-31)45-36(27-25-32-18-10-5-11-19-32)38(28)41-39(43-42(46-41)34-22-14-7-15-23-34)37-29(2)40(44-30(37)3)33-20-12-6-13-21-33/h4-23H,1-3H3. The Kier molecular flexibility index (Phi) is 8.51. The van der Waals surface area contributed by atoms with E-state index in [9.17, 15) is 0 Å². The quantitative estimate of drug-likeness (QED) is 0.174. The van der Waals surface area contributed by atoms with Crippen LogP contribution in [0, 0.1) is 44.5 Å². The predicted molar refractivity (Wildman–Crippen MR) is 199 cm³/mol. The van der Waals surface area contributed by atoms with E-state index in [0.717, 1.165) is 53.2 Å². The Morgan fingerprint density at radius 3 is 1.57 bits per heavy atom. The fourth-order valence-electron chi connectivity index (χ4n) is 5.53. The van der Waals surface area contributed by atoms with Crippen LogP contribution in [0.25, 0.3) is 42.7 Å². The van der Waals surface area contributed by atoms with Crippen molar-refractivity contribution in [3.63, 3.8) is 0 Å². The number of thiazole rings is 1. The molecular weight excluding hydrogens is 615 g/mol. The molecule has 0 radical (unpaired) electrons. The van der Waals surface area contributed by atoms with Gasteiger partial charge in [-0.05, 0) is 67.6 Å². The van der Waals surface area contributed by atoms with Crippen LogP contribution in [0.2, 0.25) is 0 Å². The zero-order chi connectivity index (χ0) is 31.5. The largest absolute Gasteiger partial charge is 0.235 e. The molecule has 3 aromatic heterocycles. The third kappa shape index (κ3) is 6.00. The van der Waals surface area contributed by atoms with Crippen molar-refractivity contribution in [2.75, 3.05) is 0 Å². The van der Waals surface area contributed by atoms with Gasteiger partial charge < -0.3 is 0 Å². The topological polar surface area (TPSA) is 12.9 Å². The molecule has 0 unspecified atom stereocenters. The Balaban J connectivity index is 1.47. The molecule has 0 saturated heterocycles. The molecule has 0 atom stereocenters. The number of hydrogen-bond acceptors (Lipinski definition) is 4. The lowest BCUT2D eigenvalue weighted by Gasteiger charge is -2.06. The summed E-state index contributed by atoms with van der Waals surface area (Å²) >= 11 is 5.26. The zero-order valence-corrected chi connectivity index (χ0v) is 28.2. The van der Waals surface area contributed by atoms with E-state index in [1.165, 1.54) is 26.4 Å². The second-order valence-corrected chi connectivity index (χ2v) is 14.2. The summed E-state index contributed by atoms with van der Waals surface area (Å²) in [6.45, 7) is 6.64. The number of aromatic nitrogens is 1. The van der Waals surface area contributed by atoms with E-state index in [0.29, 0.717) is 0 Å².